The Hall–Kier alpha value is -3.54. The lowest BCUT2D eigenvalue weighted by Gasteiger charge is -2.08. The van der Waals surface area contributed by atoms with Gasteiger partial charge in [0.1, 0.15) is 5.83 Å². The van der Waals surface area contributed by atoms with Gasteiger partial charge in [0.15, 0.2) is 0 Å². The molecule has 0 amide bonds. The highest BCUT2D eigenvalue weighted by atomic mass is 19.1. The second-order valence-corrected chi connectivity index (χ2v) is 5.57. The molecule has 0 bridgehead atoms. The van der Waals surface area contributed by atoms with Gasteiger partial charge in [0.05, 0.1) is 6.54 Å². The van der Waals surface area contributed by atoms with Gasteiger partial charge < -0.3 is 0 Å². The fourth-order valence-electron chi connectivity index (χ4n) is 2.47. The first-order valence-corrected chi connectivity index (χ1v) is 7.89. The minimum atomic E-state index is -0.886. The maximum atomic E-state index is 14.2. The molecular weight excluding hydrogens is 335 g/mol. The lowest BCUT2D eigenvalue weighted by molar-refractivity contribution is 0.0948. The topological polar surface area (TPSA) is 61.1 Å². The van der Waals surface area contributed by atoms with Gasteiger partial charge in [-0.15, -0.1) is 0 Å². The summed E-state index contributed by atoms with van der Waals surface area (Å²) in [6.07, 6.45) is 2.47. The molecule has 0 aliphatic carbocycles. The van der Waals surface area contributed by atoms with Crippen molar-refractivity contribution in [3.05, 3.63) is 111 Å². The number of benzene rings is 2. The summed E-state index contributed by atoms with van der Waals surface area (Å²) in [6.45, 7) is -0.379. The van der Waals surface area contributed by atoms with Crippen molar-refractivity contribution in [1.29, 1.82) is 0 Å². The van der Waals surface area contributed by atoms with Crippen molar-refractivity contribution >= 4 is 12.0 Å². The fraction of sp³-hybridized carbons (Fsp3) is 0.0500. The van der Waals surface area contributed by atoms with E-state index in [0.717, 1.165) is 10.6 Å². The fourth-order valence-corrected chi connectivity index (χ4v) is 2.47. The van der Waals surface area contributed by atoms with Crippen LogP contribution in [-0.4, -0.2) is 15.0 Å². The van der Waals surface area contributed by atoms with Crippen LogP contribution in [0, 0.1) is 0 Å². The molecule has 3 rings (SSSR count). The Bertz CT molecular complexity index is 1070. The molecule has 6 heteroatoms. The van der Waals surface area contributed by atoms with E-state index >= 15 is 0 Å². The third kappa shape index (κ3) is 3.75. The van der Waals surface area contributed by atoms with Gasteiger partial charge in [-0.05, 0) is 23.8 Å². The maximum Gasteiger partial charge on any atom is 0.338 e. The Morgan fingerprint density at radius 3 is 2.19 bits per heavy atom. The van der Waals surface area contributed by atoms with Crippen LogP contribution in [0.5, 0.6) is 0 Å². The van der Waals surface area contributed by atoms with E-state index < -0.39 is 23.0 Å². The maximum absolute atomic E-state index is 14.2. The van der Waals surface area contributed by atoms with E-state index in [-0.39, 0.29) is 12.1 Å². The predicted octanol–water partition coefficient (Wildman–Crippen LogP) is 2.71. The van der Waals surface area contributed by atoms with E-state index in [1.807, 2.05) is 6.07 Å². The molecule has 130 valence electrons. The third-order valence-electron chi connectivity index (χ3n) is 3.72. The van der Waals surface area contributed by atoms with Crippen LogP contribution >= 0.6 is 0 Å². The van der Waals surface area contributed by atoms with E-state index in [0.29, 0.717) is 10.1 Å². The van der Waals surface area contributed by atoms with Crippen LogP contribution in [0.3, 0.4) is 0 Å². The highest BCUT2D eigenvalue weighted by molar-refractivity contribution is 5.95. The zero-order valence-electron chi connectivity index (χ0n) is 13.7. The summed E-state index contributed by atoms with van der Waals surface area (Å²) in [5.74, 6) is -1.32. The molecule has 0 aliphatic heterocycles. The van der Waals surface area contributed by atoms with Crippen molar-refractivity contribution in [3.63, 3.8) is 0 Å². The average molecular weight is 350 g/mol. The summed E-state index contributed by atoms with van der Waals surface area (Å²) >= 11 is 0. The Kier molecular flexibility index (Phi) is 5.03. The monoisotopic (exact) mass is 350 g/mol. The smallest absolute Gasteiger partial charge is 0.293 e. The third-order valence-corrected chi connectivity index (χ3v) is 3.72. The number of hydrogen-bond donors (Lipinski definition) is 0. The minimum Gasteiger partial charge on any atom is -0.293 e. The second-order valence-electron chi connectivity index (χ2n) is 5.57. The molecule has 0 aliphatic rings. The number of carbonyl (C=O) groups is 1. The number of nitrogens with zero attached hydrogens (tertiary/aromatic N) is 2. The number of hydrogen-bond acceptors (Lipinski definition) is 3. The van der Waals surface area contributed by atoms with Crippen molar-refractivity contribution in [2.45, 2.75) is 6.54 Å². The van der Waals surface area contributed by atoms with Gasteiger partial charge in [0.25, 0.3) is 11.5 Å². The zero-order chi connectivity index (χ0) is 18.5. The molecule has 0 N–H and O–H groups in total. The lowest BCUT2D eigenvalue weighted by Crippen LogP contribution is -2.43. The molecule has 1 heterocycles. The summed E-state index contributed by atoms with van der Waals surface area (Å²) in [6, 6.07) is 17.8. The van der Waals surface area contributed by atoms with Crippen molar-refractivity contribution in [2.24, 2.45) is 0 Å². The van der Waals surface area contributed by atoms with Crippen molar-refractivity contribution in [1.82, 2.24) is 9.13 Å². The average Bonchev–Trinajstić information content (AvgIpc) is 2.65. The van der Waals surface area contributed by atoms with Crippen LogP contribution in [0.2, 0.25) is 0 Å². The molecule has 1 aromatic heterocycles. The zero-order valence-corrected chi connectivity index (χ0v) is 13.7. The van der Waals surface area contributed by atoms with E-state index in [1.54, 1.807) is 42.5 Å². The first kappa shape index (κ1) is 17.3. The molecule has 0 saturated heterocycles. The summed E-state index contributed by atoms with van der Waals surface area (Å²) in [4.78, 5) is 37.0. The molecule has 5 nitrogen and oxygen atoms in total. The summed E-state index contributed by atoms with van der Waals surface area (Å²) in [5, 5.41) is 0. The van der Waals surface area contributed by atoms with E-state index in [1.165, 1.54) is 24.4 Å². The highest BCUT2D eigenvalue weighted by Crippen LogP contribution is 2.09. The SMILES string of the molecule is O=C(c1ccccc1)n1c(=O)ccn(C/C(F)=C/c2ccccc2)c1=O. The van der Waals surface area contributed by atoms with Crippen LogP contribution in [0.4, 0.5) is 4.39 Å². The van der Waals surface area contributed by atoms with Gasteiger partial charge >= 0.3 is 5.69 Å². The summed E-state index contributed by atoms with van der Waals surface area (Å²) in [7, 11) is 0. The Labute approximate surface area is 148 Å². The van der Waals surface area contributed by atoms with Crippen LogP contribution in [-0.2, 0) is 6.54 Å². The molecule has 3 aromatic rings. The molecule has 0 radical (unpaired) electrons. The molecule has 2 aromatic carbocycles. The summed E-state index contributed by atoms with van der Waals surface area (Å²) < 4.78 is 15.7. The van der Waals surface area contributed by atoms with Gasteiger partial charge in [0.2, 0.25) is 0 Å². The Morgan fingerprint density at radius 2 is 1.54 bits per heavy atom. The largest absolute Gasteiger partial charge is 0.338 e. The Balaban J connectivity index is 1.96. The number of rotatable bonds is 4. The Morgan fingerprint density at radius 1 is 0.923 bits per heavy atom. The molecule has 0 unspecified atom stereocenters. The van der Waals surface area contributed by atoms with Crippen molar-refractivity contribution in [3.8, 4) is 0 Å². The van der Waals surface area contributed by atoms with Crippen molar-refractivity contribution < 1.29 is 9.18 Å². The molecule has 0 fully saturated rings. The van der Waals surface area contributed by atoms with Gasteiger partial charge in [-0.3, -0.25) is 14.2 Å². The second kappa shape index (κ2) is 7.57. The molecular formula is C20H15FN2O3. The van der Waals surface area contributed by atoms with Crippen LogP contribution < -0.4 is 11.2 Å². The summed E-state index contributed by atoms with van der Waals surface area (Å²) in [5.41, 5.74) is -0.799. The van der Waals surface area contributed by atoms with Gasteiger partial charge in [-0.2, -0.15) is 4.57 Å². The van der Waals surface area contributed by atoms with Gasteiger partial charge in [0, 0.05) is 17.8 Å². The number of aromatic nitrogens is 2. The molecule has 0 saturated carbocycles. The lowest BCUT2D eigenvalue weighted by atomic mass is 10.2. The van der Waals surface area contributed by atoms with Crippen LogP contribution in [0.15, 0.2) is 88.3 Å². The quantitative estimate of drug-likeness (QED) is 0.727. The molecule has 0 spiro atoms. The van der Waals surface area contributed by atoms with Gasteiger partial charge in [-0.1, -0.05) is 48.5 Å². The highest BCUT2D eigenvalue weighted by Gasteiger charge is 2.15. The first-order chi connectivity index (χ1) is 12.6. The number of allylic oxidation sites excluding steroid dienone is 1. The number of carbonyl (C=O) groups excluding carboxylic acids is 1. The standard InChI is InChI=1S/C20H15FN2O3/c21-17(13-15-7-3-1-4-8-15)14-22-12-11-18(24)23(20(22)26)19(25)16-9-5-2-6-10-16/h1-13H,14H2/b17-13-. The van der Waals surface area contributed by atoms with Crippen molar-refractivity contribution in [2.75, 3.05) is 0 Å². The van der Waals surface area contributed by atoms with E-state index in [2.05, 4.69) is 0 Å². The first-order valence-electron chi connectivity index (χ1n) is 7.89. The molecule has 26 heavy (non-hydrogen) atoms. The van der Waals surface area contributed by atoms with E-state index in [4.69, 9.17) is 0 Å². The van der Waals surface area contributed by atoms with Crippen LogP contribution in [0.25, 0.3) is 6.08 Å². The van der Waals surface area contributed by atoms with Gasteiger partial charge in [-0.25, -0.2) is 9.18 Å². The minimum absolute atomic E-state index is 0.199. The predicted molar refractivity (Wildman–Crippen MR) is 96.7 cm³/mol. The normalized spacial score (nSPS) is 11.3. The van der Waals surface area contributed by atoms with Crippen LogP contribution in [0.1, 0.15) is 15.9 Å². The number of halogens is 1. The molecule has 0 atom stereocenters. The van der Waals surface area contributed by atoms with E-state index in [9.17, 15) is 18.8 Å².